The van der Waals surface area contributed by atoms with Crippen LogP contribution in [-0.4, -0.2) is 5.24 Å². The number of thiophene rings is 1. The van der Waals surface area contributed by atoms with E-state index in [4.69, 9.17) is 11.6 Å². The molecule has 0 unspecified atom stereocenters. The first-order valence-corrected chi connectivity index (χ1v) is 7.12. The van der Waals surface area contributed by atoms with E-state index in [1.165, 1.54) is 41.9 Å². The first-order chi connectivity index (χ1) is 7.15. The molecule has 0 radical (unpaired) electrons. The van der Waals surface area contributed by atoms with E-state index < -0.39 is 0 Å². The number of aryl methyl sites for hydroxylation is 1. The van der Waals surface area contributed by atoms with Crippen LogP contribution in [0.25, 0.3) is 0 Å². The van der Waals surface area contributed by atoms with E-state index >= 15 is 0 Å². The Labute approximate surface area is 108 Å². The molecule has 0 fully saturated rings. The van der Waals surface area contributed by atoms with Crippen molar-refractivity contribution in [3.8, 4) is 0 Å². The summed E-state index contributed by atoms with van der Waals surface area (Å²) < 4.78 is 1.02. The van der Waals surface area contributed by atoms with Crippen LogP contribution in [0.3, 0.4) is 0 Å². The number of carbonyl (C=O) groups is 1. The second-order valence-electron chi connectivity index (χ2n) is 3.47. The van der Waals surface area contributed by atoms with Gasteiger partial charge in [0.15, 0.2) is 0 Å². The predicted molar refractivity (Wildman–Crippen MR) is 70.0 cm³/mol. The van der Waals surface area contributed by atoms with Gasteiger partial charge in [-0.1, -0.05) is 26.2 Å². The molecule has 0 aliphatic rings. The molecule has 84 valence electrons. The smallest absolute Gasteiger partial charge is 0.262 e. The molecule has 0 saturated heterocycles. The van der Waals surface area contributed by atoms with Crippen molar-refractivity contribution in [3.05, 3.63) is 20.3 Å². The van der Waals surface area contributed by atoms with E-state index in [0.717, 1.165) is 10.9 Å². The maximum Gasteiger partial charge on any atom is 0.262 e. The van der Waals surface area contributed by atoms with Gasteiger partial charge in [0.25, 0.3) is 5.24 Å². The van der Waals surface area contributed by atoms with Gasteiger partial charge in [-0.25, -0.2) is 0 Å². The van der Waals surface area contributed by atoms with Crippen molar-refractivity contribution in [1.82, 2.24) is 0 Å². The van der Waals surface area contributed by atoms with Gasteiger partial charge in [0.2, 0.25) is 0 Å². The average molecular weight is 310 g/mol. The highest BCUT2D eigenvalue weighted by atomic mass is 79.9. The van der Waals surface area contributed by atoms with E-state index in [1.54, 1.807) is 0 Å². The molecule has 0 aliphatic heterocycles. The molecule has 0 atom stereocenters. The Morgan fingerprint density at radius 2 is 2.20 bits per heavy atom. The van der Waals surface area contributed by atoms with Crippen LogP contribution < -0.4 is 0 Å². The Hall–Kier alpha value is 0.140. The number of halogens is 2. The van der Waals surface area contributed by atoms with E-state index in [9.17, 15) is 4.79 Å². The second kappa shape index (κ2) is 6.66. The molecule has 0 amide bonds. The second-order valence-corrected chi connectivity index (χ2v) is 5.80. The maximum atomic E-state index is 10.9. The highest BCUT2D eigenvalue weighted by Gasteiger charge is 2.10. The van der Waals surface area contributed by atoms with Crippen molar-refractivity contribution in [3.63, 3.8) is 0 Å². The van der Waals surface area contributed by atoms with Crippen molar-refractivity contribution in [2.24, 2.45) is 0 Å². The summed E-state index contributed by atoms with van der Waals surface area (Å²) in [4.78, 5) is 12.8. The van der Waals surface area contributed by atoms with Crippen LogP contribution in [0, 0.1) is 0 Å². The zero-order valence-electron chi connectivity index (χ0n) is 8.69. The lowest BCUT2D eigenvalue weighted by Crippen LogP contribution is -1.82. The highest BCUT2D eigenvalue weighted by Crippen LogP contribution is 2.29. The summed E-state index contributed by atoms with van der Waals surface area (Å²) in [6.07, 6.45) is 6.00. The van der Waals surface area contributed by atoms with Crippen LogP contribution in [0.2, 0.25) is 0 Å². The topological polar surface area (TPSA) is 17.1 Å². The molecule has 4 heteroatoms. The number of unbranched alkanes of at least 4 members (excludes halogenated alkanes) is 3. The van der Waals surface area contributed by atoms with Gasteiger partial charge in [0, 0.05) is 9.35 Å². The molecular formula is C11H14BrClOS. The fraction of sp³-hybridized carbons (Fsp3) is 0.545. The molecule has 0 spiro atoms. The van der Waals surface area contributed by atoms with E-state index in [0.29, 0.717) is 4.88 Å². The zero-order valence-corrected chi connectivity index (χ0v) is 11.8. The van der Waals surface area contributed by atoms with Gasteiger partial charge < -0.3 is 0 Å². The third-order valence-electron chi connectivity index (χ3n) is 2.21. The largest absolute Gasteiger partial charge is 0.275 e. The van der Waals surface area contributed by atoms with Crippen molar-refractivity contribution in [1.29, 1.82) is 0 Å². The van der Waals surface area contributed by atoms with Crippen molar-refractivity contribution in [2.75, 3.05) is 0 Å². The summed E-state index contributed by atoms with van der Waals surface area (Å²) in [6.45, 7) is 2.20. The first kappa shape index (κ1) is 13.2. The molecule has 0 aromatic carbocycles. The lowest BCUT2D eigenvalue weighted by Gasteiger charge is -1.98. The van der Waals surface area contributed by atoms with Crippen LogP contribution >= 0.6 is 38.9 Å². The molecule has 1 heterocycles. The number of hydrogen-bond donors (Lipinski definition) is 0. The highest BCUT2D eigenvalue weighted by molar-refractivity contribution is 9.10. The summed E-state index contributed by atoms with van der Waals surface area (Å²) in [5, 5.41) is -0.361. The van der Waals surface area contributed by atoms with Gasteiger partial charge in [0.05, 0.1) is 4.88 Å². The van der Waals surface area contributed by atoms with Crippen LogP contribution in [0.1, 0.15) is 47.2 Å². The van der Waals surface area contributed by atoms with Crippen molar-refractivity contribution < 1.29 is 4.79 Å². The third-order valence-corrected chi connectivity index (χ3v) is 4.69. The van der Waals surface area contributed by atoms with Crippen molar-refractivity contribution >= 4 is 44.1 Å². The van der Waals surface area contributed by atoms with Crippen LogP contribution in [-0.2, 0) is 6.42 Å². The van der Waals surface area contributed by atoms with Gasteiger partial charge in [-0.05, 0) is 46.4 Å². The van der Waals surface area contributed by atoms with Gasteiger partial charge in [0.1, 0.15) is 0 Å². The molecule has 1 aromatic rings. The molecule has 15 heavy (non-hydrogen) atoms. The first-order valence-electron chi connectivity index (χ1n) is 5.13. The third kappa shape index (κ3) is 4.25. The zero-order chi connectivity index (χ0) is 11.3. The molecule has 0 bridgehead atoms. The van der Waals surface area contributed by atoms with Crippen LogP contribution in [0.4, 0.5) is 0 Å². The predicted octanol–water partition coefficient (Wildman–Crippen LogP) is 5.01. The van der Waals surface area contributed by atoms with Crippen molar-refractivity contribution in [2.45, 2.75) is 39.0 Å². The number of hydrogen-bond acceptors (Lipinski definition) is 2. The lowest BCUT2D eigenvalue weighted by atomic mass is 10.1. The summed E-state index contributed by atoms with van der Waals surface area (Å²) in [6, 6.07) is 1.81. The monoisotopic (exact) mass is 308 g/mol. The molecular weight excluding hydrogens is 296 g/mol. The lowest BCUT2D eigenvalue weighted by molar-refractivity contribution is 0.108. The quantitative estimate of drug-likeness (QED) is 0.533. The normalized spacial score (nSPS) is 10.6. The minimum atomic E-state index is -0.361. The van der Waals surface area contributed by atoms with E-state index in [1.807, 2.05) is 6.07 Å². The molecule has 0 aliphatic carbocycles. The fourth-order valence-corrected chi connectivity index (χ4v) is 3.30. The Morgan fingerprint density at radius 3 is 2.73 bits per heavy atom. The molecule has 1 aromatic heterocycles. The Balaban J connectivity index is 2.50. The van der Waals surface area contributed by atoms with Crippen LogP contribution in [0.15, 0.2) is 10.5 Å². The maximum absolute atomic E-state index is 10.9. The summed E-state index contributed by atoms with van der Waals surface area (Å²) in [7, 11) is 0. The minimum Gasteiger partial charge on any atom is -0.275 e. The minimum absolute atomic E-state index is 0.361. The summed E-state index contributed by atoms with van der Waals surface area (Å²) >= 11 is 10.4. The van der Waals surface area contributed by atoms with Gasteiger partial charge in [-0.15, -0.1) is 11.3 Å². The average Bonchev–Trinajstić information content (AvgIpc) is 2.55. The number of rotatable bonds is 6. The standard InChI is InChI=1S/C11H14BrClOS/c1-2-3-4-5-6-9-8(12)7-10(15-9)11(13)14/h7H,2-6H2,1H3. The number of carbonyl (C=O) groups excluding carboxylic acids is 1. The summed E-state index contributed by atoms with van der Waals surface area (Å²) in [5.41, 5.74) is 0. The Kier molecular flexibility index (Phi) is 5.87. The Morgan fingerprint density at radius 1 is 1.47 bits per heavy atom. The summed E-state index contributed by atoms with van der Waals surface area (Å²) in [5.74, 6) is 0. The molecule has 0 N–H and O–H groups in total. The fourth-order valence-electron chi connectivity index (χ4n) is 1.39. The molecule has 0 saturated carbocycles. The molecule has 1 rings (SSSR count). The van der Waals surface area contributed by atoms with Crippen LogP contribution in [0.5, 0.6) is 0 Å². The Bertz CT molecular complexity index is 335. The van der Waals surface area contributed by atoms with E-state index in [2.05, 4.69) is 22.9 Å². The van der Waals surface area contributed by atoms with Gasteiger partial charge in [-0.3, -0.25) is 4.79 Å². The van der Waals surface area contributed by atoms with Gasteiger partial charge >= 0.3 is 0 Å². The van der Waals surface area contributed by atoms with E-state index in [-0.39, 0.29) is 5.24 Å². The molecule has 1 nitrogen and oxygen atoms in total. The van der Waals surface area contributed by atoms with Gasteiger partial charge in [-0.2, -0.15) is 0 Å². The SMILES string of the molecule is CCCCCCc1sc(C(=O)Cl)cc1Br.